The third-order valence-corrected chi connectivity index (χ3v) is 4.84. The van der Waals surface area contributed by atoms with Crippen LogP contribution in [0.2, 0.25) is 0 Å². The Kier molecular flexibility index (Phi) is 3.54. The van der Waals surface area contributed by atoms with Gasteiger partial charge in [0.2, 0.25) is 0 Å². The fraction of sp³-hybridized carbons (Fsp3) is 0.190. The molecule has 0 spiro atoms. The van der Waals surface area contributed by atoms with Gasteiger partial charge in [-0.15, -0.1) is 0 Å². The number of benzene rings is 2. The molecule has 0 saturated heterocycles. The van der Waals surface area contributed by atoms with E-state index in [1.807, 2.05) is 38.1 Å². The van der Waals surface area contributed by atoms with Crippen LogP contribution in [0.15, 0.2) is 51.9 Å². The fourth-order valence-electron chi connectivity index (χ4n) is 3.49. The summed E-state index contributed by atoms with van der Waals surface area (Å²) in [5, 5.41) is 0.828. The van der Waals surface area contributed by atoms with E-state index in [9.17, 15) is 9.59 Å². The lowest BCUT2D eigenvalue weighted by atomic mass is 9.72. The number of hydrogen-bond donors (Lipinski definition) is 0. The van der Waals surface area contributed by atoms with Crippen LogP contribution in [-0.4, -0.2) is 25.0 Å². The molecule has 2 aromatic carbocycles. The highest BCUT2D eigenvalue weighted by atomic mass is 16.5. The van der Waals surface area contributed by atoms with Gasteiger partial charge in [0.1, 0.15) is 17.1 Å². The molecule has 1 amide bonds. The summed E-state index contributed by atoms with van der Waals surface area (Å²) in [4.78, 5) is 27.7. The number of carbonyl (C=O) groups excluding carboxylic acids is 2. The molecule has 1 aliphatic rings. The monoisotopic (exact) mass is 347 g/mol. The summed E-state index contributed by atoms with van der Waals surface area (Å²) in [7, 11) is 0. The lowest BCUT2D eigenvalue weighted by Gasteiger charge is -2.30. The summed E-state index contributed by atoms with van der Waals surface area (Å²) in [5.74, 6) is 0.644. The number of nitrogens with zero attached hydrogens (tertiary/aromatic N) is 1. The first-order chi connectivity index (χ1) is 12.4. The van der Waals surface area contributed by atoms with Crippen molar-refractivity contribution < 1.29 is 18.7 Å². The van der Waals surface area contributed by atoms with Crippen molar-refractivity contribution in [3.05, 3.63) is 64.9 Å². The molecule has 130 valence electrons. The lowest BCUT2D eigenvalue weighted by Crippen LogP contribution is -2.29. The van der Waals surface area contributed by atoms with E-state index >= 15 is 0 Å². The average molecular weight is 347 g/mol. The maximum atomic E-state index is 13.1. The van der Waals surface area contributed by atoms with Crippen LogP contribution in [0.3, 0.4) is 0 Å². The second-order valence-corrected chi connectivity index (χ2v) is 6.80. The van der Waals surface area contributed by atoms with E-state index in [0.717, 1.165) is 10.9 Å². The molecule has 0 atom stereocenters. The van der Waals surface area contributed by atoms with Crippen LogP contribution in [-0.2, 0) is 10.2 Å². The molecule has 0 fully saturated rings. The van der Waals surface area contributed by atoms with Crippen molar-refractivity contribution in [3.63, 3.8) is 0 Å². The highest BCUT2D eigenvalue weighted by Crippen LogP contribution is 2.46. The zero-order chi connectivity index (χ0) is 18.5. The molecule has 1 aliphatic carbocycles. The Morgan fingerprint density at radius 1 is 1.23 bits per heavy atom. The van der Waals surface area contributed by atoms with Crippen LogP contribution in [0, 0.1) is 0 Å². The van der Waals surface area contributed by atoms with Crippen molar-refractivity contribution in [1.82, 2.24) is 0 Å². The number of para-hydroxylation sites is 1. The molecule has 3 aromatic rings. The quantitative estimate of drug-likeness (QED) is 0.674. The number of furan rings is 1. The maximum absolute atomic E-state index is 13.1. The van der Waals surface area contributed by atoms with Gasteiger partial charge in [-0.2, -0.15) is 0 Å². The molecule has 0 saturated carbocycles. The Labute approximate surface area is 150 Å². The number of amides is 1. The van der Waals surface area contributed by atoms with Crippen molar-refractivity contribution in [2.24, 2.45) is 4.99 Å². The normalized spacial score (nSPS) is 14.6. The highest BCUT2D eigenvalue weighted by Gasteiger charge is 2.41. The molecule has 1 heterocycles. The molecule has 0 bridgehead atoms. The zero-order valence-electron chi connectivity index (χ0n) is 14.5. The van der Waals surface area contributed by atoms with Gasteiger partial charge < -0.3 is 9.15 Å². The molecule has 0 unspecified atom stereocenters. The minimum absolute atomic E-state index is 0.0605. The van der Waals surface area contributed by atoms with Crippen molar-refractivity contribution in [1.29, 1.82) is 0 Å². The lowest BCUT2D eigenvalue weighted by molar-refractivity contribution is -0.119. The van der Waals surface area contributed by atoms with E-state index in [1.165, 1.54) is 0 Å². The molecule has 5 nitrogen and oxygen atoms in total. The van der Waals surface area contributed by atoms with Crippen LogP contribution < -0.4 is 4.74 Å². The van der Waals surface area contributed by atoms with Gasteiger partial charge in [0.15, 0.2) is 12.4 Å². The predicted octanol–water partition coefficient (Wildman–Crippen LogP) is 3.91. The molecule has 0 radical (unpaired) electrons. The molecular formula is C21H17NO4. The van der Waals surface area contributed by atoms with Gasteiger partial charge >= 0.3 is 0 Å². The minimum atomic E-state index is -0.516. The Morgan fingerprint density at radius 3 is 2.77 bits per heavy atom. The Hall–Kier alpha value is -3.21. The zero-order valence-corrected chi connectivity index (χ0v) is 14.5. The van der Waals surface area contributed by atoms with Gasteiger partial charge in [0.05, 0.1) is 5.56 Å². The van der Waals surface area contributed by atoms with E-state index in [0.29, 0.717) is 28.2 Å². The summed E-state index contributed by atoms with van der Waals surface area (Å²) < 4.78 is 11.5. The summed E-state index contributed by atoms with van der Waals surface area (Å²) in [5.41, 5.74) is 2.24. The summed E-state index contributed by atoms with van der Waals surface area (Å²) in [6.45, 7) is 7.02. The summed E-state index contributed by atoms with van der Waals surface area (Å²) in [6.07, 6.45) is 0. The standard InChI is InChI=1S/C21H17NO4/c1-21(2)15-10-12(25-11-17(23)22-3)8-9-13(15)19(24)18-14-6-4-5-7-16(14)26-20(18)21/h4-10H,3,11H2,1-2H3. The first-order valence-corrected chi connectivity index (χ1v) is 8.27. The van der Waals surface area contributed by atoms with Gasteiger partial charge in [-0.05, 0) is 50.4 Å². The van der Waals surface area contributed by atoms with Crippen LogP contribution in [0.1, 0.15) is 41.1 Å². The summed E-state index contributed by atoms with van der Waals surface area (Å²) in [6, 6.07) is 12.8. The first-order valence-electron chi connectivity index (χ1n) is 8.27. The number of fused-ring (bicyclic) bond motifs is 4. The van der Waals surface area contributed by atoms with Gasteiger partial charge in [0, 0.05) is 16.4 Å². The second-order valence-electron chi connectivity index (χ2n) is 6.80. The number of rotatable bonds is 3. The molecule has 1 aromatic heterocycles. The van der Waals surface area contributed by atoms with E-state index in [4.69, 9.17) is 9.15 Å². The van der Waals surface area contributed by atoms with Crippen LogP contribution in [0.5, 0.6) is 5.75 Å². The van der Waals surface area contributed by atoms with Crippen LogP contribution >= 0.6 is 0 Å². The van der Waals surface area contributed by atoms with E-state index < -0.39 is 11.3 Å². The largest absolute Gasteiger partial charge is 0.484 e. The number of aliphatic imine (C=N–C) groups is 1. The molecule has 5 heteroatoms. The summed E-state index contributed by atoms with van der Waals surface area (Å²) >= 11 is 0. The molecular weight excluding hydrogens is 330 g/mol. The predicted molar refractivity (Wildman–Crippen MR) is 98.3 cm³/mol. The SMILES string of the molecule is C=NC(=O)COc1ccc2c(c1)C(C)(C)c1oc3ccccc3c1C2=O. The Morgan fingerprint density at radius 2 is 2.00 bits per heavy atom. The fourth-order valence-corrected chi connectivity index (χ4v) is 3.49. The second kappa shape index (κ2) is 5.66. The van der Waals surface area contributed by atoms with Crippen molar-refractivity contribution in [3.8, 4) is 5.75 Å². The smallest absolute Gasteiger partial charge is 0.282 e. The minimum Gasteiger partial charge on any atom is -0.484 e. The van der Waals surface area contributed by atoms with E-state index in [-0.39, 0.29) is 12.4 Å². The van der Waals surface area contributed by atoms with Gasteiger partial charge in [-0.1, -0.05) is 18.2 Å². The molecule has 0 N–H and O–H groups in total. The van der Waals surface area contributed by atoms with Crippen molar-refractivity contribution in [2.75, 3.05) is 6.61 Å². The van der Waals surface area contributed by atoms with E-state index in [1.54, 1.807) is 18.2 Å². The van der Waals surface area contributed by atoms with Crippen LogP contribution in [0.25, 0.3) is 11.0 Å². The van der Waals surface area contributed by atoms with Crippen molar-refractivity contribution >= 4 is 29.4 Å². The topological polar surface area (TPSA) is 68.9 Å². The van der Waals surface area contributed by atoms with Gasteiger partial charge in [0.25, 0.3) is 5.91 Å². The van der Waals surface area contributed by atoms with Gasteiger partial charge in [-0.25, -0.2) is 4.99 Å². The molecule has 4 rings (SSSR count). The third-order valence-electron chi connectivity index (χ3n) is 4.84. The Balaban J connectivity index is 1.84. The number of ketones is 1. The first kappa shape index (κ1) is 16.3. The number of hydrogen-bond acceptors (Lipinski definition) is 4. The maximum Gasteiger partial charge on any atom is 0.282 e. The van der Waals surface area contributed by atoms with Gasteiger partial charge in [-0.3, -0.25) is 9.59 Å². The number of ether oxygens (including phenoxy) is 1. The molecule has 26 heavy (non-hydrogen) atoms. The van der Waals surface area contributed by atoms with E-state index in [2.05, 4.69) is 11.7 Å². The molecule has 0 aliphatic heterocycles. The Bertz CT molecular complexity index is 1070. The highest BCUT2D eigenvalue weighted by molar-refractivity contribution is 6.19. The third kappa shape index (κ3) is 2.28. The van der Waals surface area contributed by atoms with Crippen molar-refractivity contribution in [2.45, 2.75) is 19.3 Å². The number of carbonyl (C=O) groups is 2. The van der Waals surface area contributed by atoms with Crippen LogP contribution in [0.4, 0.5) is 0 Å². The average Bonchev–Trinajstić information content (AvgIpc) is 3.05.